The van der Waals surface area contributed by atoms with E-state index in [0.717, 1.165) is 6.07 Å². The molecule has 0 aliphatic heterocycles. The van der Waals surface area contributed by atoms with Crippen molar-refractivity contribution in [2.24, 2.45) is 0 Å². The van der Waals surface area contributed by atoms with Crippen molar-refractivity contribution in [3.63, 3.8) is 0 Å². The summed E-state index contributed by atoms with van der Waals surface area (Å²) in [4.78, 5) is 6.35. The molecule has 14 heavy (non-hydrogen) atoms. The number of nitrogens with one attached hydrogen (secondary N) is 1. The van der Waals surface area contributed by atoms with Gasteiger partial charge in [-0.15, -0.1) is 0 Å². The number of hydrogen-bond donors (Lipinski definition) is 1. The van der Waals surface area contributed by atoms with Gasteiger partial charge in [0.1, 0.15) is 0 Å². The fraction of sp³-hybridized carbons (Fsp3) is 0.125. The minimum Gasteiger partial charge on any atom is -0.343 e. The van der Waals surface area contributed by atoms with Crippen molar-refractivity contribution < 1.29 is 13.2 Å². The normalized spacial score (nSPS) is 12.3. The summed E-state index contributed by atoms with van der Waals surface area (Å²) in [5, 5.41) is -0.340. The average molecular weight is 221 g/mol. The van der Waals surface area contributed by atoms with Crippen molar-refractivity contribution >= 4 is 22.6 Å². The maximum Gasteiger partial charge on any atom is 0.417 e. The summed E-state index contributed by atoms with van der Waals surface area (Å²) in [7, 11) is 0. The number of benzene rings is 1. The summed E-state index contributed by atoms with van der Waals surface area (Å²) < 4.78 is 37.1. The number of H-pyrrole nitrogens is 1. The zero-order valence-corrected chi connectivity index (χ0v) is 7.45. The Balaban J connectivity index is 2.74. The van der Waals surface area contributed by atoms with Crippen LogP contribution < -0.4 is 0 Å². The van der Waals surface area contributed by atoms with Crippen LogP contribution in [0.3, 0.4) is 0 Å². The van der Waals surface area contributed by atoms with E-state index < -0.39 is 11.7 Å². The van der Waals surface area contributed by atoms with Crippen molar-refractivity contribution in [3.8, 4) is 0 Å². The lowest BCUT2D eigenvalue weighted by atomic mass is 10.2. The standard InChI is InChI=1S/C8H4ClF3N2/c9-6-4(8(10,11)12)1-2-5-7(6)14-3-13-5/h1-3H,(H,13,14). The fourth-order valence-corrected chi connectivity index (χ4v) is 1.52. The lowest BCUT2D eigenvalue weighted by molar-refractivity contribution is -0.137. The second kappa shape index (κ2) is 2.88. The van der Waals surface area contributed by atoms with Gasteiger partial charge in [0.2, 0.25) is 0 Å². The number of aromatic nitrogens is 2. The molecular formula is C8H4ClF3N2. The molecule has 0 bridgehead atoms. The molecule has 1 aromatic carbocycles. The van der Waals surface area contributed by atoms with Gasteiger partial charge >= 0.3 is 6.18 Å². The molecule has 0 spiro atoms. The van der Waals surface area contributed by atoms with Crippen molar-refractivity contribution in [1.29, 1.82) is 0 Å². The summed E-state index contributed by atoms with van der Waals surface area (Å²) in [6.45, 7) is 0. The molecule has 1 aromatic heterocycles. The van der Waals surface area contributed by atoms with Gasteiger partial charge in [0.05, 0.1) is 27.9 Å². The highest BCUT2D eigenvalue weighted by Gasteiger charge is 2.34. The second-order valence-corrected chi connectivity index (χ2v) is 3.10. The van der Waals surface area contributed by atoms with Gasteiger partial charge < -0.3 is 4.98 Å². The number of nitrogens with zero attached hydrogens (tertiary/aromatic N) is 1. The SMILES string of the molecule is FC(F)(F)c1ccc2nc[nH]c2c1Cl. The third-order valence-electron chi connectivity index (χ3n) is 1.84. The van der Waals surface area contributed by atoms with Crippen LogP contribution >= 0.6 is 11.6 Å². The Labute approximate surface area is 81.7 Å². The zero-order chi connectivity index (χ0) is 10.3. The molecule has 1 N–H and O–H groups in total. The van der Waals surface area contributed by atoms with Gasteiger partial charge in [-0.25, -0.2) is 4.98 Å². The first kappa shape index (κ1) is 9.33. The fourth-order valence-electron chi connectivity index (χ4n) is 1.20. The molecule has 0 saturated heterocycles. The summed E-state index contributed by atoms with van der Waals surface area (Å²) in [5.74, 6) is 0. The van der Waals surface area contributed by atoms with E-state index in [0.29, 0.717) is 5.52 Å². The first-order valence-electron chi connectivity index (χ1n) is 3.69. The maximum atomic E-state index is 12.4. The van der Waals surface area contributed by atoms with Gasteiger partial charge in [-0.2, -0.15) is 13.2 Å². The molecule has 0 atom stereocenters. The second-order valence-electron chi connectivity index (χ2n) is 2.72. The first-order valence-corrected chi connectivity index (χ1v) is 4.07. The molecule has 0 radical (unpaired) electrons. The lowest BCUT2D eigenvalue weighted by Gasteiger charge is -2.08. The van der Waals surface area contributed by atoms with Gasteiger partial charge in [-0.05, 0) is 12.1 Å². The predicted octanol–water partition coefficient (Wildman–Crippen LogP) is 3.24. The highest BCUT2D eigenvalue weighted by molar-refractivity contribution is 6.35. The Morgan fingerprint density at radius 2 is 2.00 bits per heavy atom. The van der Waals surface area contributed by atoms with Gasteiger partial charge in [0.25, 0.3) is 0 Å². The van der Waals surface area contributed by atoms with Gasteiger partial charge in [0.15, 0.2) is 0 Å². The minimum atomic E-state index is -4.43. The van der Waals surface area contributed by atoms with E-state index in [1.54, 1.807) is 0 Å². The van der Waals surface area contributed by atoms with Crippen LogP contribution in [0.15, 0.2) is 18.5 Å². The molecular weight excluding hydrogens is 217 g/mol. The topological polar surface area (TPSA) is 28.7 Å². The molecule has 2 rings (SSSR count). The monoisotopic (exact) mass is 220 g/mol. The third-order valence-corrected chi connectivity index (χ3v) is 2.23. The smallest absolute Gasteiger partial charge is 0.343 e. The molecule has 0 aliphatic rings. The van der Waals surface area contributed by atoms with Crippen molar-refractivity contribution in [1.82, 2.24) is 9.97 Å². The van der Waals surface area contributed by atoms with Crippen molar-refractivity contribution in [3.05, 3.63) is 29.0 Å². The summed E-state index contributed by atoms with van der Waals surface area (Å²) >= 11 is 5.58. The van der Waals surface area contributed by atoms with Crippen LogP contribution in [0.1, 0.15) is 5.56 Å². The molecule has 0 amide bonds. The zero-order valence-electron chi connectivity index (χ0n) is 6.69. The molecule has 2 aromatic rings. The lowest BCUT2D eigenvalue weighted by Crippen LogP contribution is -2.05. The third kappa shape index (κ3) is 1.33. The van der Waals surface area contributed by atoms with Gasteiger partial charge in [0, 0.05) is 0 Å². The molecule has 0 fully saturated rings. The summed E-state index contributed by atoms with van der Waals surface area (Å²) in [6, 6.07) is 2.20. The molecule has 2 nitrogen and oxygen atoms in total. The highest BCUT2D eigenvalue weighted by atomic mass is 35.5. The molecule has 0 aliphatic carbocycles. The Kier molecular flexibility index (Phi) is 1.92. The van der Waals surface area contributed by atoms with E-state index in [4.69, 9.17) is 11.6 Å². The van der Waals surface area contributed by atoms with E-state index >= 15 is 0 Å². The van der Waals surface area contributed by atoms with Crippen molar-refractivity contribution in [2.45, 2.75) is 6.18 Å². The number of hydrogen-bond acceptors (Lipinski definition) is 1. The molecule has 0 unspecified atom stereocenters. The van der Waals surface area contributed by atoms with E-state index in [1.165, 1.54) is 12.4 Å². The number of fused-ring (bicyclic) bond motifs is 1. The number of halogens is 4. The number of rotatable bonds is 0. The summed E-state index contributed by atoms with van der Waals surface area (Å²) in [5.41, 5.74) is -0.222. The summed E-state index contributed by atoms with van der Waals surface area (Å²) in [6.07, 6.45) is -3.13. The Hall–Kier alpha value is -1.23. The van der Waals surface area contributed by atoms with E-state index in [2.05, 4.69) is 9.97 Å². The molecule has 1 heterocycles. The van der Waals surface area contributed by atoms with Crippen LogP contribution in [-0.2, 0) is 6.18 Å². The number of aromatic amines is 1. The predicted molar refractivity (Wildman–Crippen MR) is 46.1 cm³/mol. The molecule has 74 valence electrons. The van der Waals surface area contributed by atoms with Crippen LogP contribution in [0.5, 0.6) is 0 Å². The first-order chi connectivity index (χ1) is 6.50. The van der Waals surface area contributed by atoms with E-state index in [9.17, 15) is 13.2 Å². The van der Waals surface area contributed by atoms with E-state index in [-0.39, 0.29) is 10.5 Å². The maximum absolute atomic E-state index is 12.4. The average Bonchev–Trinajstić information content (AvgIpc) is 2.50. The van der Waals surface area contributed by atoms with Crippen LogP contribution in [0.2, 0.25) is 5.02 Å². The van der Waals surface area contributed by atoms with Crippen LogP contribution in [0, 0.1) is 0 Å². The van der Waals surface area contributed by atoms with Crippen LogP contribution in [0.4, 0.5) is 13.2 Å². The van der Waals surface area contributed by atoms with Gasteiger partial charge in [-0.3, -0.25) is 0 Å². The number of alkyl halides is 3. The van der Waals surface area contributed by atoms with Crippen LogP contribution in [-0.4, -0.2) is 9.97 Å². The highest BCUT2D eigenvalue weighted by Crippen LogP contribution is 2.37. The van der Waals surface area contributed by atoms with Crippen molar-refractivity contribution in [2.75, 3.05) is 0 Å². The van der Waals surface area contributed by atoms with Gasteiger partial charge in [-0.1, -0.05) is 11.6 Å². The van der Waals surface area contributed by atoms with Crippen LogP contribution in [0.25, 0.3) is 11.0 Å². The number of imidazole rings is 1. The quantitative estimate of drug-likeness (QED) is 0.726. The Bertz CT molecular complexity index is 475. The minimum absolute atomic E-state index is 0.210. The molecule has 6 heteroatoms. The Morgan fingerprint density at radius 3 is 2.64 bits per heavy atom. The molecule has 0 saturated carbocycles. The van der Waals surface area contributed by atoms with E-state index in [1.807, 2.05) is 0 Å². The largest absolute Gasteiger partial charge is 0.417 e. The Morgan fingerprint density at radius 1 is 1.29 bits per heavy atom.